The van der Waals surface area contributed by atoms with Crippen molar-refractivity contribution in [1.82, 2.24) is 20.2 Å². The minimum Gasteiger partial charge on any atom is -0.453 e. The van der Waals surface area contributed by atoms with E-state index in [1.165, 1.54) is 7.11 Å². The van der Waals surface area contributed by atoms with Crippen LogP contribution in [0.15, 0.2) is 22.7 Å². The lowest BCUT2D eigenvalue weighted by Crippen LogP contribution is -2.54. The number of nitrogens with zero attached hydrogens (tertiary/aromatic N) is 2. The van der Waals surface area contributed by atoms with Gasteiger partial charge in [0.05, 0.1) is 30.2 Å². The number of methoxy groups -OCH3 is 1. The van der Waals surface area contributed by atoms with Gasteiger partial charge >= 0.3 is 6.09 Å². The highest BCUT2D eigenvalue weighted by atomic mass is 79.9. The van der Waals surface area contributed by atoms with Crippen molar-refractivity contribution in [3.05, 3.63) is 28.5 Å². The highest BCUT2D eigenvalue weighted by molar-refractivity contribution is 9.10. The summed E-state index contributed by atoms with van der Waals surface area (Å²) >= 11 is 3.47. The lowest BCUT2D eigenvalue weighted by molar-refractivity contribution is -0.0439. The van der Waals surface area contributed by atoms with Crippen LogP contribution in [0.3, 0.4) is 0 Å². The molecular weight excluding hydrogens is 400 g/mol. The van der Waals surface area contributed by atoms with E-state index in [0.717, 1.165) is 40.7 Å². The van der Waals surface area contributed by atoms with Crippen molar-refractivity contribution in [2.75, 3.05) is 13.7 Å². The monoisotopic (exact) mass is 424 g/mol. The second-order valence-corrected chi connectivity index (χ2v) is 7.91. The summed E-state index contributed by atoms with van der Waals surface area (Å²) in [6.07, 6.45) is 0.515. The summed E-state index contributed by atoms with van der Waals surface area (Å²) < 4.78 is 5.69. The molecule has 3 atom stereocenters. The first kappa shape index (κ1) is 19.1. The molecule has 7 nitrogen and oxygen atoms in total. The molecule has 1 aromatic carbocycles. The van der Waals surface area contributed by atoms with Gasteiger partial charge in [0.2, 0.25) is 0 Å². The van der Waals surface area contributed by atoms with Gasteiger partial charge in [-0.25, -0.2) is 9.78 Å². The zero-order valence-corrected chi connectivity index (χ0v) is 16.8. The van der Waals surface area contributed by atoms with Crippen molar-refractivity contribution in [2.45, 2.75) is 45.0 Å². The number of aromatic nitrogens is 2. The highest BCUT2D eigenvalue weighted by Gasteiger charge is 2.38. The van der Waals surface area contributed by atoms with E-state index in [0.29, 0.717) is 0 Å². The Morgan fingerprint density at radius 1 is 1.50 bits per heavy atom. The molecule has 3 rings (SSSR count). The molecule has 1 fully saturated rings. The van der Waals surface area contributed by atoms with E-state index in [2.05, 4.69) is 26.2 Å². The van der Waals surface area contributed by atoms with E-state index in [1.807, 2.05) is 36.9 Å². The van der Waals surface area contributed by atoms with Gasteiger partial charge in [-0.3, -0.25) is 4.90 Å². The summed E-state index contributed by atoms with van der Waals surface area (Å²) in [4.78, 5) is 21.8. The van der Waals surface area contributed by atoms with Gasteiger partial charge in [-0.2, -0.15) is 0 Å². The van der Waals surface area contributed by atoms with Gasteiger partial charge in [0.25, 0.3) is 0 Å². The highest BCUT2D eigenvalue weighted by Crippen LogP contribution is 2.34. The number of aliphatic hydroxyl groups excluding tert-OH is 1. The summed E-state index contributed by atoms with van der Waals surface area (Å²) in [5.41, 5.74) is 1.86. The summed E-state index contributed by atoms with van der Waals surface area (Å²) in [7, 11) is 1.32. The molecular formula is C18H25BrN4O3. The molecule has 142 valence electrons. The van der Waals surface area contributed by atoms with Crippen molar-refractivity contribution in [2.24, 2.45) is 5.92 Å². The number of ether oxygens (including phenoxy) is 1. The van der Waals surface area contributed by atoms with Gasteiger partial charge in [-0.15, -0.1) is 0 Å². The summed E-state index contributed by atoms with van der Waals surface area (Å²) in [6.45, 7) is 4.68. The van der Waals surface area contributed by atoms with E-state index in [1.54, 1.807) is 0 Å². The molecule has 2 aromatic rings. The minimum atomic E-state index is -0.818. The van der Waals surface area contributed by atoms with Crippen LogP contribution in [0.5, 0.6) is 0 Å². The molecule has 3 N–H and O–H groups in total. The topological polar surface area (TPSA) is 90.5 Å². The number of carbonyl (C=O) groups is 1. The first-order valence-electron chi connectivity index (χ1n) is 8.84. The number of amides is 1. The summed E-state index contributed by atoms with van der Waals surface area (Å²) in [5, 5.41) is 13.7. The third-order valence-corrected chi connectivity index (χ3v) is 5.41. The van der Waals surface area contributed by atoms with Crippen LogP contribution < -0.4 is 5.32 Å². The molecule has 2 heterocycles. The van der Waals surface area contributed by atoms with Crippen molar-refractivity contribution < 1.29 is 14.6 Å². The first-order chi connectivity index (χ1) is 12.4. The van der Waals surface area contributed by atoms with Crippen LogP contribution in [0.2, 0.25) is 0 Å². The average molecular weight is 425 g/mol. The van der Waals surface area contributed by atoms with Crippen molar-refractivity contribution in [3.63, 3.8) is 0 Å². The SMILES string of the molecule is COC(=O)N[C@@H](C(C)C)C(O)N1CCC[C@H]1c1nc2ccc(Br)cc2[nH]1. The second-order valence-electron chi connectivity index (χ2n) is 7.00. The van der Waals surface area contributed by atoms with Crippen molar-refractivity contribution in [1.29, 1.82) is 0 Å². The van der Waals surface area contributed by atoms with E-state index in [-0.39, 0.29) is 12.0 Å². The molecule has 1 saturated heterocycles. The maximum atomic E-state index is 11.7. The average Bonchev–Trinajstić information content (AvgIpc) is 3.24. The quantitative estimate of drug-likeness (QED) is 0.685. The molecule has 1 aliphatic rings. The lowest BCUT2D eigenvalue weighted by Gasteiger charge is -2.35. The third-order valence-electron chi connectivity index (χ3n) is 4.92. The Kier molecular flexibility index (Phi) is 5.84. The number of H-pyrrole nitrogens is 1. The van der Waals surface area contributed by atoms with E-state index in [9.17, 15) is 9.90 Å². The molecule has 0 radical (unpaired) electrons. The molecule has 26 heavy (non-hydrogen) atoms. The number of rotatable bonds is 5. The Bertz CT molecular complexity index is 779. The molecule has 1 aliphatic heterocycles. The number of hydrogen-bond acceptors (Lipinski definition) is 5. The molecule has 0 saturated carbocycles. The summed E-state index contributed by atoms with van der Waals surface area (Å²) in [5.74, 6) is 0.896. The molecule has 0 aliphatic carbocycles. The molecule has 0 spiro atoms. The number of fused-ring (bicyclic) bond motifs is 1. The fourth-order valence-corrected chi connectivity index (χ4v) is 3.91. The zero-order valence-electron chi connectivity index (χ0n) is 15.2. The largest absolute Gasteiger partial charge is 0.453 e. The number of carbonyl (C=O) groups excluding carboxylic acids is 1. The van der Waals surface area contributed by atoms with Crippen molar-refractivity contribution in [3.8, 4) is 0 Å². The first-order valence-corrected chi connectivity index (χ1v) is 9.63. The molecule has 1 unspecified atom stereocenters. The fraction of sp³-hybridized carbons (Fsp3) is 0.556. The lowest BCUT2D eigenvalue weighted by atomic mass is 10.0. The van der Waals surface area contributed by atoms with E-state index >= 15 is 0 Å². The molecule has 1 amide bonds. The van der Waals surface area contributed by atoms with Crippen LogP contribution in [0.1, 0.15) is 38.6 Å². The number of aromatic amines is 1. The standard InChI is InChI=1S/C18H25BrN4O3/c1-10(2)15(22-18(25)26-3)17(24)23-8-4-5-14(23)16-20-12-7-6-11(19)9-13(12)21-16/h6-7,9-10,14-15,17,24H,4-5,8H2,1-3H3,(H,20,21)(H,22,25)/t14-,15-,17?/m0/s1. The van der Waals surface area contributed by atoms with E-state index in [4.69, 9.17) is 9.72 Å². The Morgan fingerprint density at radius 2 is 2.27 bits per heavy atom. The fourth-order valence-electron chi connectivity index (χ4n) is 3.55. The Balaban J connectivity index is 1.84. The maximum absolute atomic E-state index is 11.7. The Morgan fingerprint density at radius 3 is 2.96 bits per heavy atom. The number of hydrogen-bond donors (Lipinski definition) is 3. The van der Waals surface area contributed by atoms with Crippen LogP contribution in [-0.2, 0) is 4.74 Å². The molecule has 8 heteroatoms. The van der Waals surface area contributed by atoms with Gasteiger partial charge < -0.3 is 20.1 Å². The zero-order chi connectivity index (χ0) is 18.8. The second kappa shape index (κ2) is 7.94. The molecule has 1 aromatic heterocycles. The predicted molar refractivity (Wildman–Crippen MR) is 103 cm³/mol. The van der Waals surface area contributed by atoms with E-state index < -0.39 is 18.4 Å². The van der Waals surface area contributed by atoms with Gasteiger partial charge in [-0.05, 0) is 37.0 Å². The number of likely N-dealkylation sites (tertiary alicyclic amines) is 1. The number of imidazole rings is 1. The normalized spacial score (nSPS) is 20.5. The van der Waals surface area contributed by atoms with Crippen LogP contribution >= 0.6 is 15.9 Å². The smallest absolute Gasteiger partial charge is 0.407 e. The Labute approximate surface area is 161 Å². The third kappa shape index (κ3) is 3.87. The Hall–Kier alpha value is -1.64. The van der Waals surface area contributed by atoms with Gasteiger partial charge in [-0.1, -0.05) is 29.8 Å². The van der Waals surface area contributed by atoms with Crippen LogP contribution in [0, 0.1) is 5.92 Å². The van der Waals surface area contributed by atoms with Crippen LogP contribution in [-0.4, -0.2) is 52.0 Å². The number of halogens is 1. The summed E-state index contributed by atoms with van der Waals surface area (Å²) in [6, 6.07) is 5.48. The number of alkyl carbamates (subject to hydrolysis) is 1. The number of nitrogens with one attached hydrogen (secondary N) is 2. The maximum Gasteiger partial charge on any atom is 0.407 e. The molecule has 0 bridgehead atoms. The predicted octanol–water partition coefficient (Wildman–Crippen LogP) is 3.16. The van der Waals surface area contributed by atoms with Gasteiger partial charge in [0, 0.05) is 11.0 Å². The van der Waals surface area contributed by atoms with Crippen molar-refractivity contribution >= 4 is 33.1 Å². The van der Waals surface area contributed by atoms with Gasteiger partial charge in [0.1, 0.15) is 12.1 Å². The van der Waals surface area contributed by atoms with Crippen LogP contribution in [0.4, 0.5) is 4.79 Å². The number of benzene rings is 1. The minimum absolute atomic E-state index is 0.0168. The number of aliphatic hydroxyl groups is 1. The van der Waals surface area contributed by atoms with Crippen LogP contribution in [0.25, 0.3) is 11.0 Å². The van der Waals surface area contributed by atoms with Gasteiger partial charge in [0.15, 0.2) is 0 Å².